The fraction of sp³-hybridized carbons (Fsp3) is 0.467. The van der Waals surface area contributed by atoms with Crippen molar-refractivity contribution in [2.45, 2.75) is 39.3 Å². The van der Waals surface area contributed by atoms with Gasteiger partial charge in [0.25, 0.3) is 5.91 Å². The van der Waals surface area contributed by atoms with Crippen molar-refractivity contribution < 1.29 is 19.1 Å². The molecule has 0 aromatic heterocycles. The number of carbonyl (C=O) groups is 2. The second-order valence-corrected chi connectivity index (χ2v) is 5.56. The average molecular weight is 277 g/mol. The molecular weight excluding hydrogens is 258 g/mol. The molecule has 0 aliphatic carbocycles. The van der Waals surface area contributed by atoms with E-state index in [1.165, 1.54) is 7.11 Å². The molecule has 0 radical (unpaired) electrons. The molecule has 1 amide bonds. The van der Waals surface area contributed by atoms with E-state index in [1.54, 1.807) is 36.9 Å². The van der Waals surface area contributed by atoms with Crippen molar-refractivity contribution in [2.24, 2.45) is 0 Å². The van der Waals surface area contributed by atoms with Gasteiger partial charge in [-0.1, -0.05) is 0 Å². The molecule has 0 atom stereocenters. The van der Waals surface area contributed by atoms with Gasteiger partial charge in [-0.05, 0) is 45.9 Å². The standard InChI is InChI=1S/C15H19NO4/c1-9(2)16-11-7-6-10(13(17)19-5)8-12(11)20-15(3,4)14(16)18/h6-9H,1-5H3. The molecule has 1 aliphatic heterocycles. The van der Waals surface area contributed by atoms with Crippen molar-refractivity contribution in [3.63, 3.8) is 0 Å². The summed E-state index contributed by atoms with van der Waals surface area (Å²) >= 11 is 0. The van der Waals surface area contributed by atoms with Crippen LogP contribution in [0.3, 0.4) is 0 Å². The lowest BCUT2D eigenvalue weighted by Crippen LogP contribution is -2.54. The number of carbonyl (C=O) groups excluding carboxylic acids is 2. The molecule has 0 N–H and O–H groups in total. The van der Waals surface area contributed by atoms with Crippen LogP contribution in [0.25, 0.3) is 0 Å². The molecule has 1 heterocycles. The van der Waals surface area contributed by atoms with Gasteiger partial charge < -0.3 is 14.4 Å². The van der Waals surface area contributed by atoms with Crippen molar-refractivity contribution in [2.75, 3.05) is 12.0 Å². The highest BCUT2D eigenvalue weighted by molar-refractivity contribution is 6.03. The number of anilines is 1. The van der Waals surface area contributed by atoms with Crippen LogP contribution in [-0.2, 0) is 9.53 Å². The maximum atomic E-state index is 12.4. The Morgan fingerprint density at radius 1 is 1.35 bits per heavy atom. The molecule has 0 fully saturated rings. The highest BCUT2D eigenvalue weighted by Crippen LogP contribution is 2.39. The predicted octanol–water partition coefficient (Wildman–Crippen LogP) is 2.39. The molecule has 20 heavy (non-hydrogen) atoms. The second kappa shape index (κ2) is 4.81. The number of ether oxygens (including phenoxy) is 2. The fourth-order valence-electron chi connectivity index (χ4n) is 2.27. The zero-order valence-electron chi connectivity index (χ0n) is 12.4. The van der Waals surface area contributed by atoms with Crippen LogP contribution >= 0.6 is 0 Å². The summed E-state index contributed by atoms with van der Waals surface area (Å²) in [7, 11) is 1.33. The third kappa shape index (κ3) is 2.24. The maximum Gasteiger partial charge on any atom is 0.337 e. The summed E-state index contributed by atoms with van der Waals surface area (Å²) in [6, 6.07) is 4.97. The first-order valence-corrected chi connectivity index (χ1v) is 6.53. The number of hydrogen-bond acceptors (Lipinski definition) is 4. The summed E-state index contributed by atoms with van der Waals surface area (Å²) in [5.41, 5.74) is 0.128. The molecule has 1 aliphatic rings. The quantitative estimate of drug-likeness (QED) is 0.779. The highest BCUT2D eigenvalue weighted by atomic mass is 16.5. The minimum atomic E-state index is -0.952. The Hall–Kier alpha value is -2.04. The molecule has 0 unspecified atom stereocenters. The monoisotopic (exact) mass is 277 g/mol. The molecule has 0 saturated heterocycles. The minimum absolute atomic E-state index is 0.00778. The molecular formula is C15H19NO4. The first-order valence-electron chi connectivity index (χ1n) is 6.53. The number of methoxy groups -OCH3 is 1. The van der Waals surface area contributed by atoms with Crippen molar-refractivity contribution in [1.82, 2.24) is 0 Å². The third-order valence-electron chi connectivity index (χ3n) is 3.26. The van der Waals surface area contributed by atoms with E-state index in [1.807, 2.05) is 13.8 Å². The number of amides is 1. The van der Waals surface area contributed by atoms with Crippen LogP contribution in [0.5, 0.6) is 5.75 Å². The Morgan fingerprint density at radius 2 is 2.00 bits per heavy atom. The van der Waals surface area contributed by atoms with Gasteiger partial charge in [-0.3, -0.25) is 4.79 Å². The largest absolute Gasteiger partial charge is 0.476 e. The topological polar surface area (TPSA) is 55.8 Å². The zero-order chi connectivity index (χ0) is 15.1. The van der Waals surface area contributed by atoms with Crippen LogP contribution in [0.15, 0.2) is 18.2 Å². The van der Waals surface area contributed by atoms with Crippen LogP contribution in [0.4, 0.5) is 5.69 Å². The third-order valence-corrected chi connectivity index (χ3v) is 3.26. The van der Waals surface area contributed by atoms with E-state index in [0.717, 1.165) is 0 Å². The first-order chi connectivity index (χ1) is 9.27. The summed E-state index contributed by atoms with van der Waals surface area (Å²) in [5, 5.41) is 0. The van der Waals surface area contributed by atoms with Gasteiger partial charge in [0.15, 0.2) is 5.60 Å². The SMILES string of the molecule is COC(=O)c1ccc2c(c1)OC(C)(C)C(=O)N2C(C)C. The van der Waals surface area contributed by atoms with Crippen molar-refractivity contribution in [3.8, 4) is 5.75 Å². The van der Waals surface area contributed by atoms with E-state index < -0.39 is 11.6 Å². The summed E-state index contributed by atoms with van der Waals surface area (Å²) in [6.45, 7) is 7.32. The number of hydrogen-bond donors (Lipinski definition) is 0. The number of fused-ring (bicyclic) bond motifs is 1. The normalized spacial score (nSPS) is 16.7. The Morgan fingerprint density at radius 3 is 2.55 bits per heavy atom. The number of esters is 1. The second-order valence-electron chi connectivity index (χ2n) is 5.56. The van der Waals surface area contributed by atoms with Gasteiger partial charge in [-0.25, -0.2) is 4.79 Å². The molecule has 1 aromatic rings. The molecule has 0 spiro atoms. The smallest absolute Gasteiger partial charge is 0.337 e. The number of nitrogens with zero attached hydrogens (tertiary/aromatic N) is 1. The molecule has 2 rings (SSSR count). The molecule has 5 heteroatoms. The van der Waals surface area contributed by atoms with Gasteiger partial charge in [0.1, 0.15) is 5.75 Å². The zero-order valence-corrected chi connectivity index (χ0v) is 12.4. The lowest BCUT2D eigenvalue weighted by atomic mass is 10.0. The van der Waals surface area contributed by atoms with Gasteiger partial charge >= 0.3 is 5.97 Å². The van der Waals surface area contributed by atoms with Crippen LogP contribution in [0, 0.1) is 0 Å². The van der Waals surface area contributed by atoms with Crippen LogP contribution in [0.2, 0.25) is 0 Å². The minimum Gasteiger partial charge on any atom is -0.476 e. The number of rotatable bonds is 2. The van der Waals surface area contributed by atoms with Gasteiger partial charge in [0, 0.05) is 6.04 Å². The lowest BCUT2D eigenvalue weighted by molar-refractivity contribution is -0.133. The van der Waals surface area contributed by atoms with Crippen molar-refractivity contribution in [1.29, 1.82) is 0 Å². The van der Waals surface area contributed by atoms with Gasteiger partial charge in [-0.15, -0.1) is 0 Å². The van der Waals surface area contributed by atoms with E-state index >= 15 is 0 Å². The Bertz CT molecular complexity index is 563. The average Bonchev–Trinajstić information content (AvgIpc) is 2.37. The number of benzene rings is 1. The van der Waals surface area contributed by atoms with Crippen molar-refractivity contribution in [3.05, 3.63) is 23.8 Å². The summed E-state index contributed by atoms with van der Waals surface area (Å²) in [6.07, 6.45) is 0. The Balaban J connectivity index is 2.54. The van der Waals surface area contributed by atoms with Crippen LogP contribution in [0.1, 0.15) is 38.1 Å². The van der Waals surface area contributed by atoms with E-state index in [-0.39, 0.29) is 11.9 Å². The molecule has 0 saturated carbocycles. The van der Waals surface area contributed by atoms with E-state index in [2.05, 4.69) is 0 Å². The molecule has 1 aromatic carbocycles. The molecule has 0 bridgehead atoms. The predicted molar refractivity (Wildman–Crippen MR) is 75.1 cm³/mol. The highest BCUT2D eigenvalue weighted by Gasteiger charge is 2.42. The first kappa shape index (κ1) is 14.4. The fourth-order valence-corrected chi connectivity index (χ4v) is 2.27. The maximum absolute atomic E-state index is 12.4. The van der Waals surface area contributed by atoms with Crippen LogP contribution in [-0.4, -0.2) is 30.6 Å². The molecule has 5 nitrogen and oxygen atoms in total. The van der Waals surface area contributed by atoms with Gasteiger partial charge in [0.05, 0.1) is 18.4 Å². The lowest BCUT2D eigenvalue weighted by Gasteiger charge is -2.40. The summed E-state index contributed by atoms with van der Waals surface area (Å²) in [5.74, 6) is -0.000721. The summed E-state index contributed by atoms with van der Waals surface area (Å²) < 4.78 is 10.4. The molecule has 108 valence electrons. The van der Waals surface area contributed by atoms with E-state index in [9.17, 15) is 9.59 Å². The van der Waals surface area contributed by atoms with Crippen LogP contribution < -0.4 is 9.64 Å². The Kier molecular flexibility index (Phi) is 3.46. The Labute approximate surface area is 118 Å². The summed E-state index contributed by atoms with van der Waals surface area (Å²) in [4.78, 5) is 25.7. The van der Waals surface area contributed by atoms with Gasteiger partial charge in [-0.2, -0.15) is 0 Å². The van der Waals surface area contributed by atoms with Gasteiger partial charge in [0.2, 0.25) is 0 Å². The van der Waals surface area contributed by atoms with E-state index in [0.29, 0.717) is 17.0 Å². The van der Waals surface area contributed by atoms with E-state index in [4.69, 9.17) is 9.47 Å². The van der Waals surface area contributed by atoms with Crippen molar-refractivity contribution >= 4 is 17.6 Å².